The molecule has 3 nitrogen and oxygen atoms in total. The molecule has 0 fully saturated rings. The summed E-state index contributed by atoms with van der Waals surface area (Å²) in [4.78, 5) is 0. The lowest BCUT2D eigenvalue weighted by Crippen LogP contribution is -2.29. The first-order valence-electron chi connectivity index (χ1n) is 6.08. The monoisotopic (exact) mass is 256 g/mol. The fraction of sp³-hybridized carbons (Fsp3) is 1.00. The van der Waals surface area contributed by atoms with Crippen molar-refractivity contribution in [1.82, 2.24) is 5.32 Å². The number of alkyl halides is 3. The zero-order chi connectivity index (χ0) is 13.1. The van der Waals surface area contributed by atoms with Gasteiger partial charge in [0.05, 0.1) is 6.10 Å². The molecule has 1 atom stereocenters. The van der Waals surface area contributed by atoms with Crippen molar-refractivity contribution in [2.45, 2.75) is 44.9 Å². The summed E-state index contributed by atoms with van der Waals surface area (Å²) in [6, 6.07) is 0. The highest BCUT2D eigenvalue weighted by atomic mass is 19.4. The first-order chi connectivity index (χ1) is 7.99. The number of ether oxygens (including phenoxy) is 1. The van der Waals surface area contributed by atoms with Crippen LogP contribution in [-0.2, 0) is 4.74 Å². The van der Waals surface area contributed by atoms with E-state index >= 15 is 0 Å². The third-order valence-corrected chi connectivity index (χ3v) is 2.37. The fourth-order valence-corrected chi connectivity index (χ4v) is 1.47. The number of nitrogens with one attached hydrogen (secondary N) is 1. The van der Waals surface area contributed by atoms with Crippen molar-refractivity contribution >= 4 is 0 Å². The second kappa shape index (κ2) is 9.67. The van der Waals surface area contributed by atoms with E-state index in [-0.39, 0.29) is 12.5 Å². The Kier molecular flexibility index (Phi) is 9.49. The summed E-state index contributed by atoms with van der Waals surface area (Å²) in [7, 11) is 0. The lowest BCUT2D eigenvalue weighted by Gasteiger charge is -2.14. The zero-order valence-corrected chi connectivity index (χ0v) is 10.4. The Hall–Kier alpha value is -0.330. The Labute approximate surface area is 101 Å². The van der Waals surface area contributed by atoms with Gasteiger partial charge in [0.15, 0.2) is 0 Å². The van der Waals surface area contributed by atoms with Gasteiger partial charge in [0, 0.05) is 19.6 Å². The lowest BCUT2D eigenvalue weighted by molar-refractivity contribution is -0.135. The Morgan fingerprint density at radius 1 is 1.24 bits per heavy atom. The molecule has 0 aromatic rings. The smallest absolute Gasteiger partial charge is 0.377 e. The van der Waals surface area contributed by atoms with Crippen LogP contribution in [0.5, 0.6) is 0 Å². The first kappa shape index (κ1) is 16.7. The molecule has 0 amide bonds. The van der Waals surface area contributed by atoms with Gasteiger partial charge < -0.3 is 15.8 Å². The van der Waals surface area contributed by atoms with Gasteiger partial charge in [-0.1, -0.05) is 0 Å². The van der Waals surface area contributed by atoms with Crippen molar-refractivity contribution < 1.29 is 17.9 Å². The van der Waals surface area contributed by atoms with Gasteiger partial charge in [0.2, 0.25) is 0 Å². The van der Waals surface area contributed by atoms with Gasteiger partial charge in [-0.3, -0.25) is 0 Å². The molecule has 0 aliphatic carbocycles. The van der Waals surface area contributed by atoms with Crippen molar-refractivity contribution in [1.29, 1.82) is 0 Å². The number of nitrogens with two attached hydrogens (primary N) is 1. The van der Waals surface area contributed by atoms with Crippen LogP contribution in [-0.4, -0.2) is 38.5 Å². The molecule has 3 N–H and O–H groups in total. The van der Waals surface area contributed by atoms with Crippen LogP contribution in [0.2, 0.25) is 0 Å². The van der Waals surface area contributed by atoms with Crippen LogP contribution < -0.4 is 11.1 Å². The molecule has 0 saturated heterocycles. The highest BCUT2D eigenvalue weighted by Gasteiger charge is 2.25. The van der Waals surface area contributed by atoms with Crippen LogP contribution >= 0.6 is 0 Å². The van der Waals surface area contributed by atoms with Crippen LogP contribution in [0.25, 0.3) is 0 Å². The Balaban J connectivity index is 3.28. The SMILES string of the molecule is CCOC(CN)CCNCCCCC(F)(F)F. The number of unbranched alkanes of at least 4 members (excludes halogenated alkanes) is 1. The number of rotatable bonds is 10. The minimum atomic E-state index is -4.03. The molecule has 104 valence electrons. The molecule has 0 aliphatic heterocycles. The lowest BCUT2D eigenvalue weighted by atomic mass is 10.2. The molecular formula is C11H23F3N2O. The fourth-order valence-electron chi connectivity index (χ4n) is 1.47. The summed E-state index contributed by atoms with van der Waals surface area (Å²) in [5.74, 6) is 0. The van der Waals surface area contributed by atoms with E-state index in [0.29, 0.717) is 26.1 Å². The van der Waals surface area contributed by atoms with E-state index in [2.05, 4.69) is 5.32 Å². The van der Waals surface area contributed by atoms with Crippen molar-refractivity contribution in [2.24, 2.45) is 5.73 Å². The molecule has 0 saturated carbocycles. The van der Waals surface area contributed by atoms with Crippen molar-refractivity contribution in [2.75, 3.05) is 26.2 Å². The summed E-state index contributed by atoms with van der Waals surface area (Å²) in [6.07, 6.45) is -3.16. The molecule has 0 aliphatic rings. The third kappa shape index (κ3) is 11.9. The molecular weight excluding hydrogens is 233 g/mol. The maximum atomic E-state index is 11.8. The quantitative estimate of drug-likeness (QED) is 0.588. The van der Waals surface area contributed by atoms with E-state index < -0.39 is 12.6 Å². The summed E-state index contributed by atoms with van der Waals surface area (Å²) in [6.45, 7) is 4.36. The van der Waals surface area contributed by atoms with Crippen LogP contribution in [0, 0.1) is 0 Å². The summed E-state index contributed by atoms with van der Waals surface area (Å²) in [5, 5.41) is 3.09. The van der Waals surface area contributed by atoms with Gasteiger partial charge in [-0.05, 0) is 39.3 Å². The van der Waals surface area contributed by atoms with Gasteiger partial charge in [0.25, 0.3) is 0 Å². The third-order valence-electron chi connectivity index (χ3n) is 2.37. The van der Waals surface area contributed by atoms with Gasteiger partial charge in [0.1, 0.15) is 0 Å². The van der Waals surface area contributed by atoms with E-state index in [4.69, 9.17) is 10.5 Å². The average molecular weight is 256 g/mol. The number of hydrogen-bond acceptors (Lipinski definition) is 3. The van der Waals surface area contributed by atoms with Crippen LogP contribution in [0.1, 0.15) is 32.6 Å². The van der Waals surface area contributed by atoms with Gasteiger partial charge in [-0.15, -0.1) is 0 Å². The maximum absolute atomic E-state index is 11.8. The highest BCUT2D eigenvalue weighted by molar-refractivity contribution is 4.61. The summed E-state index contributed by atoms with van der Waals surface area (Å²) in [5.41, 5.74) is 5.49. The van der Waals surface area contributed by atoms with Gasteiger partial charge in [-0.2, -0.15) is 13.2 Å². The molecule has 0 aromatic heterocycles. The molecule has 0 rings (SSSR count). The molecule has 0 bridgehead atoms. The summed E-state index contributed by atoms with van der Waals surface area (Å²) < 4.78 is 40.8. The molecule has 6 heteroatoms. The van der Waals surface area contributed by atoms with E-state index in [1.54, 1.807) is 0 Å². The normalized spacial score (nSPS) is 13.9. The van der Waals surface area contributed by atoms with Crippen LogP contribution in [0.4, 0.5) is 13.2 Å². The molecule has 0 radical (unpaired) electrons. The van der Waals surface area contributed by atoms with Gasteiger partial charge >= 0.3 is 6.18 Å². The predicted octanol–water partition coefficient (Wildman–Crippen LogP) is 2.06. The molecule has 1 unspecified atom stereocenters. The molecule has 17 heavy (non-hydrogen) atoms. The topological polar surface area (TPSA) is 47.3 Å². The minimum Gasteiger partial charge on any atom is -0.377 e. The van der Waals surface area contributed by atoms with E-state index in [9.17, 15) is 13.2 Å². The van der Waals surface area contributed by atoms with Crippen molar-refractivity contribution in [3.63, 3.8) is 0 Å². The number of hydrogen-bond donors (Lipinski definition) is 2. The Bertz CT molecular complexity index is 177. The van der Waals surface area contributed by atoms with E-state index in [1.807, 2.05) is 6.92 Å². The van der Waals surface area contributed by atoms with Crippen molar-refractivity contribution in [3.8, 4) is 0 Å². The summed E-state index contributed by atoms with van der Waals surface area (Å²) >= 11 is 0. The molecule has 0 aromatic carbocycles. The average Bonchev–Trinajstić information content (AvgIpc) is 2.24. The first-order valence-corrected chi connectivity index (χ1v) is 6.08. The Morgan fingerprint density at radius 2 is 1.94 bits per heavy atom. The minimum absolute atomic E-state index is 0.0441. The molecule has 0 spiro atoms. The van der Waals surface area contributed by atoms with Gasteiger partial charge in [-0.25, -0.2) is 0 Å². The highest BCUT2D eigenvalue weighted by Crippen LogP contribution is 2.21. The second-order valence-corrected chi connectivity index (χ2v) is 3.92. The largest absolute Gasteiger partial charge is 0.389 e. The second-order valence-electron chi connectivity index (χ2n) is 3.92. The Morgan fingerprint density at radius 3 is 2.47 bits per heavy atom. The van der Waals surface area contributed by atoms with Crippen molar-refractivity contribution in [3.05, 3.63) is 0 Å². The van der Waals surface area contributed by atoms with Crippen LogP contribution in [0.15, 0.2) is 0 Å². The number of halogens is 3. The molecule has 0 heterocycles. The standard InChI is InChI=1S/C11H23F3N2O/c1-2-17-10(9-15)5-8-16-7-4-3-6-11(12,13)14/h10,16H,2-9,15H2,1H3. The zero-order valence-electron chi connectivity index (χ0n) is 10.4. The maximum Gasteiger partial charge on any atom is 0.389 e. The predicted molar refractivity (Wildman–Crippen MR) is 61.9 cm³/mol. The van der Waals surface area contributed by atoms with Crippen LogP contribution in [0.3, 0.4) is 0 Å². The van der Waals surface area contributed by atoms with E-state index in [1.165, 1.54) is 0 Å². The van der Waals surface area contributed by atoms with E-state index in [0.717, 1.165) is 13.0 Å².